The molecule has 7 heteroatoms. The monoisotopic (exact) mass is 326 g/mol. The van der Waals surface area contributed by atoms with Gasteiger partial charge in [-0.1, -0.05) is 6.07 Å². The first-order valence-corrected chi connectivity index (χ1v) is 7.35. The van der Waals surface area contributed by atoms with Gasteiger partial charge in [0.2, 0.25) is 6.79 Å². The number of methoxy groups -OCH3 is 1. The Bertz CT molecular complexity index is 849. The summed E-state index contributed by atoms with van der Waals surface area (Å²) in [6.07, 6.45) is 0. The summed E-state index contributed by atoms with van der Waals surface area (Å²) < 4.78 is 15.3. The normalized spacial score (nSPS) is 17.5. The molecule has 1 atom stereocenters. The van der Waals surface area contributed by atoms with Gasteiger partial charge in [-0.05, 0) is 35.9 Å². The van der Waals surface area contributed by atoms with Gasteiger partial charge >= 0.3 is 5.97 Å². The van der Waals surface area contributed by atoms with Gasteiger partial charge in [-0.25, -0.2) is 4.79 Å². The van der Waals surface area contributed by atoms with E-state index in [-0.39, 0.29) is 12.7 Å². The number of carbonyl (C=O) groups excluding carboxylic acids is 2. The van der Waals surface area contributed by atoms with Crippen LogP contribution in [0.4, 0.5) is 11.4 Å². The number of hydrogen-bond donors (Lipinski definition) is 2. The molecule has 24 heavy (non-hydrogen) atoms. The molecule has 2 aliphatic heterocycles. The minimum atomic E-state index is -0.559. The van der Waals surface area contributed by atoms with Gasteiger partial charge in [-0.15, -0.1) is 0 Å². The number of rotatable bonds is 2. The number of nitrogens with one attached hydrogen (secondary N) is 2. The van der Waals surface area contributed by atoms with Gasteiger partial charge in [-0.2, -0.15) is 0 Å². The van der Waals surface area contributed by atoms with Crippen LogP contribution in [-0.2, 0) is 9.53 Å². The van der Waals surface area contributed by atoms with Crippen LogP contribution in [0.25, 0.3) is 0 Å². The Morgan fingerprint density at radius 1 is 1.12 bits per heavy atom. The summed E-state index contributed by atoms with van der Waals surface area (Å²) >= 11 is 0. The molecule has 0 fully saturated rings. The quantitative estimate of drug-likeness (QED) is 0.824. The van der Waals surface area contributed by atoms with E-state index in [4.69, 9.17) is 9.47 Å². The number of carbonyl (C=O) groups is 2. The van der Waals surface area contributed by atoms with Crippen LogP contribution in [0, 0.1) is 0 Å². The van der Waals surface area contributed by atoms with E-state index in [1.54, 1.807) is 30.3 Å². The highest BCUT2D eigenvalue weighted by Crippen LogP contribution is 2.38. The smallest absolute Gasteiger partial charge is 0.337 e. The molecule has 7 nitrogen and oxygen atoms in total. The molecule has 0 aliphatic carbocycles. The zero-order valence-electron chi connectivity index (χ0n) is 12.8. The molecular formula is C17H14N2O5. The molecule has 2 N–H and O–H groups in total. The van der Waals surface area contributed by atoms with Crippen LogP contribution in [0.3, 0.4) is 0 Å². The Hall–Kier alpha value is -3.22. The van der Waals surface area contributed by atoms with Crippen molar-refractivity contribution in [2.24, 2.45) is 0 Å². The molecule has 4 rings (SSSR count). The fraction of sp³-hybridized carbons (Fsp3) is 0.176. The third-order valence-electron chi connectivity index (χ3n) is 3.99. The van der Waals surface area contributed by atoms with Gasteiger partial charge in [0.25, 0.3) is 5.91 Å². The largest absolute Gasteiger partial charge is 0.465 e. The second kappa shape index (κ2) is 5.45. The Morgan fingerprint density at radius 3 is 2.79 bits per heavy atom. The minimum Gasteiger partial charge on any atom is -0.465 e. The second-order valence-electron chi connectivity index (χ2n) is 5.43. The minimum absolute atomic E-state index is 0.183. The highest BCUT2D eigenvalue weighted by atomic mass is 16.7. The number of hydrogen-bond acceptors (Lipinski definition) is 6. The van der Waals surface area contributed by atoms with Crippen molar-refractivity contribution < 1.29 is 23.8 Å². The summed E-state index contributed by atoms with van der Waals surface area (Å²) in [4.78, 5) is 24.0. The van der Waals surface area contributed by atoms with Gasteiger partial charge in [-0.3, -0.25) is 4.79 Å². The molecule has 2 aromatic carbocycles. The molecule has 0 saturated heterocycles. The average Bonchev–Trinajstić information content (AvgIpc) is 3.07. The highest BCUT2D eigenvalue weighted by molar-refractivity contribution is 6.05. The van der Waals surface area contributed by atoms with Crippen molar-refractivity contribution in [1.82, 2.24) is 0 Å². The number of esters is 1. The standard InChI is InChI=1S/C17H14N2O5/c1-22-17(21)10-2-4-11-12(6-10)19-16(20)15(18-11)9-3-5-13-14(7-9)24-8-23-13/h2-7,15,18H,8H2,1H3,(H,19,20). The summed E-state index contributed by atoms with van der Waals surface area (Å²) in [5, 5.41) is 5.99. The molecule has 1 amide bonds. The third-order valence-corrected chi connectivity index (χ3v) is 3.99. The van der Waals surface area contributed by atoms with E-state index in [9.17, 15) is 9.59 Å². The number of anilines is 2. The average molecular weight is 326 g/mol. The fourth-order valence-corrected chi connectivity index (χ4v) is 2.77. The molecule has 2 aromatic rings. The van der Waals surface area contributed by atoms with E-state index in [2.05, 4.69) is 15.4 Å². The zero-order valence-corrected chi connectivity index (χ0v) is 12.8. The molecule has 2 aliphatic rings. The Morgan fingerprint density at radius 2 is 1.96 bits per heavy atom. The van der Waals surface area contributed by atoms with Crippen molar-refractivity contribution in [3.05, 3.63) is 47.5 Å². The summed E-state index contributed by atoms with van der Waals surface area (Å²) in [5.74, 6) is 0.611. The lowest BCUT2D eigenvalue weighted by molar-refractivity contribution is -0.117. The lowest BCUT2D eigenvalue weighted by atomic mass is 10.0. The number of ether oxygens (including phenoxy) is 3. The molecule has 0 saturated carbocycles. The Balaban J connectivity index is 1.65. The molecule has 0 spiro atoms. The van der Waals surface area contributed by atoms with E-state index in [1.807, 2.05) is 6.07 Å². The van der Waals surface area contributed by atoms with Crippen LogP contribution < -0.4 is 20.1 Å². The van der Waals surface area contributed by atoms with Crippen molar-refractivity contribution >= 4 is 23.3 Å². The van der Waals surface area contributed by atoms with E-state index < -0.39 is 12.0 Å². The number of fused-ring (bicyclic) bond motifs is 2. The van der Waals surface area contributed by atoms with Crippen molar-refractivity contribution in [3.8, 4) is 11.5 Å². The summed E-state index contributed by atoms with van der Waals surface area (Å²) in [6.45, 7) is 0.183. The molecule has 0 aromatic heterocycles. The Kier molecular flexibility index (Phi) is 3.26. The first-order valence-electron chi connectivity index (χ1n) is 7.35. The maximum absolute atomic E-state index is 12.4. The summed E-state index contributed by atoms with van der Waals surface area (Å²) in [6, 6.07) is 9.79. The summed E-state index contributed by atoms with van der Waals surface area (Å²) in [5.41, 5.74) is 2.41. The van der Waals surface area contributed by atoms with Crippen molar-refractivity contribution in [1.29, 1.82) is 0 Å². The first kappa shape index (κ1) is 14.4. The fourth-order valence-electron chi connectivity index (χ4n) is 2.77. The number of benzene rings is 2. The topological polar surface area (TPSA) is 85.9 Å². The predicted octanol–water partition coefficient (Wildman–Crippen LogP) is 2.31. The number of amides is 1. The third kappa shape index (κ3) is 2.30. The van der Waals surface area contributed by atoms with Gasteiger partial charge in [0.1, 0.15) is 6.04 Å². The summed E-state index contributed by atoms with van der Waals surface area (Å²) in [7, 11) is 1.31. The maximum atomic E-state index is 12.4. The van der Waals surface area contributed by atoms with Gasteiger partial charge < -0.3 is 24.8 Å². The van der Waals surface area contributed by atoms with Crippen LogP contribution in [0.1, 0.15) is 22.0 Å². The van der Waals surface area contributed by atoms with Gasteiger partial charge in [0.05, 0.1) is 24.0 Å². The molecule has 1 unspecified atom stereocenters. The van der Waals surface area contributed by atoms with Crippen molar-refractivity contribution in [2.45, 2.75) is 6.04 Å². The molecule has 0 radical (unpaired) electrons. The molecule has 122 valence electrons. The van der Waals surface area contributed by atoms with E-state index >= 15 is 0 Å². The van der Waals surface area contributed by atoms with Crippen LogP contribution in [0.15, 0.2) is 36.4 Å². The van der Waals surface area contributed by atoms with Crippen LogP contribution in [0.5, 0.6) is 11.5 Å². The predicted molar refractivity (Wildman–Crippen MR) is 85.3 cm³/mol. The highest BCUT2D eigenvalue weighted by Gasteiger charge is 2.29. The maximum Gasteiger partial charge on any atom is 0.337 e. The second-order valence-corrected chi connectivity index (χ2v) is 5.43. The van der Waals surface area contributed by atoms with Crippen LogP contribution in [-0.4, -0.2) is 25.8 Å². The van der Waals surface area contributed by atoms with E-state index in [0.717, 1.165) is 11.3 Å². The van der Waals surface area contributed by atoms with Crippen LogP contribution in [0.2, 0.25) is 0 Å². The van der Waals surface area contributed by atoms with Crippen molar-refractivity contribution in [2.75, 3.05) is 24.5 Å². The Labute approximate surface area is 137 Å². The van der Waals surface area contributed by atoms with Crippen molar-refractivity contribution in [3.63, 3.8) is 0 Å². The van der Waals surface area contributed by atoms with Gasteiger partial charge in [0, 0.05) is 0 Å². The molecular weight excluding hydrogens is 312 g/mol. The molecule has 2 heterocycles. The van der Waals surface area contributed by atoms with Gasteiger partial charge in [0.15, 0.2) is 11.5 Å². The SMILES string of the molecule is COC(=O)c1ccc2c(c1)NC(=O)C(c1ccc3c(c1)OCO3)N2. The first-order chi connectivity index (χ1) is 11.7. The lowest BCUT2D eigenvalue weighted by Crippen LogP contribution is -2.32. The van der Waals surface area contributed by atoms with E-state index in [0.29, 0.717) is 22.7 Å². The zero-order chi connectivity index (χ0) is 16.7. The lowest BCUT2D eigenvalue weighted by Gasteiger charge is -2.27. The van der Waals surface area contributed by atoms with E-state index in [1.165, 1.54) is 7.11 Å². The van der Waals surface area contributed by atoms with Crippen LogP contribution >= 0.6 is 0 Å². The molecule has 0 bridgehead atoms.